The van der Waals surface area contributed by atoms with Crippen molar-refractivity contribution < 1.29 is 13.6 Å². The zero-order valence-corrected chi connectivity index (χ0v) is 10.7. The SMILES string of the molecule is Nc1ccc(C(=O)c2cc(F)cc(F)c2)cc1Br. The molecule has 0 fully saturated rings. The highest BCUT2D eigenvalue weighted by Crippen LogP contribution is 2.22. The number of hydrogen-bond donors (Lipinski definition) is 1. The number of carbonyl (C=O) groups is 1. The number of ketones is 1. The molecule has 92 valence electrons. The average molecular weight is 312 g/mol. The third kappa shape index (κ3) is 2.56. The van der Waals surface area contributed by atoms with Crippen molar-refractivity contribution in [3.8, 4) is 0 Å². The molecule has 0 unspecified atom stereocenters. The van der Waals surface area contributed by atoms with Gasteiger partial charge in [0.1, 0.15) is 11.6 Å². The minimum atomic E-state index is -0.784. The fourth-order valence-corrected chi connectivity index (χ4v) is 1.90. The van der Waals surface area contributed by atoms with E-state index in [1.54, 1.807) is 6.07 Å². The Hall–Kier alpha value is -1.75. The highest BCUT2D eigenvalue weighted by molar-refractivity contribution is 9.10. The quantitative estimate of drug-likeness (QED) is 0.681. The second kappa shape index (κ2) is 4.86. The highest BCUT2D eigenvalue weighted by atomic mass is 79.9. The average Bonchev–Trinajstić information content (AvgIpc) is 2.30. The lowest BCUT2D eigenvalue weighted by Crippen LogP contribution is -2.03. The van der Waals surface area contributed by atoms with Crippen molar-refractivity contribution in [3.05, 3.63) is 63.6 Å². The number of hydrogen-bond acceptors (Lipinski definition) is 2. The number of nitrogen functional groups attached to an aromatic ring is 1. The van der Waals surface area contributed by atoms with E-state index in [9.17, 15) is 13.6 Å². The van der Waals surface area contributed by atoms with Crippen LogP contribution in [0.5, 0.6) is 0 Å². The van der Waals surface area contributed by atoms with Crippen LogP contribution in [0, 0.1) is 11.6 Å². The second-order valence-corrected chi connectivity index (χ2v) is 4.58. The standard InChI is InChI=1S/C13H8BrF2NO/c14-11-5-7(1-2-12(11)17)13(18)8-3-9(15)6-10(16)4-8/h1-6H,17H2. The molecule has 2 N–H and O–H groups in total. The lowest BCUT2D eigenvalue weighted by Gasteiger charge is -2.04. The van der Waals surface area contributed by atoms with E-state index in [0.29, 0.717) is 15.7 Å². The van der Waals surface area contributed by atoms with Crippen molar-refractivity contribution in [2.75, 3.05) is 5.73 Å². The third-order valence-corrected chi connectivity index (χ3v) is 3.07. The van der Waals surface area contributed by atoms with E-state index in [0.717, 1.165) is 18.2 Å². The van der Waals surface area contributed by atoms with Gasteiger partial charge in [0.2, 0.25) is 0 Å². The van der Waals surface area contributed by atoms with Gasteiger partial charge in [-0.15, -0.1) is 0 Å². The van der Waals surface area contributed by atoms with Gasteiger partial charge < -0.3 is 5.73 Å². The molecule has 5 heteroatoms. The fraction of sp³-hybridized carbons (Fsp3) is 0. The van der Waals surface area contributed by atoms with Gasteiger partial charge in [0.15, 0.2) is 5.78 Å². The molecule has 2 aromatic rings. The maximum atomic E-state index is 13.0. The normalized spacial score (nSPS) is 10.4. The Morgan fingerprint density at radius 3 is 2.17 bits per heavy atom. The molecule has 0 saturated carbocycles. The number of carbonyl (C=O) groups excluding carboxylic acids is 1. The molecule has 0 aliphatic heterocycles. The lowest BCUT2D eigenvalue weighted by atomic mass is 10.0. The monoisotopic (exact) mass is 311 g/mol. The zero-order valence-electron chi connectivity index (χ0n) is 9.08. The lowest BCUT2D eigenvalue weighted by molar-refractivity contribution is 0.103. The number of benzene rings is 2. The summed E-state index contributed by atoms with van der Waals surface area (Å²) >= 11 is 3.19. The molecule has 0 aliphatic rings. The zero-order chi connectivity index (χ0) is 13.3. The van der Waals surface area contributed by atoms with Crippen LogP contribution in [0.1, 0.15) is 15.9 Å². The molecule has 18 heavy (non-hydrogen) atoms. The molecule has 0 atom stereocenters. The highest BCUT2D eigenvalue weighted by Gasteiger charge is 2.12. The Bertz CT molecular complexity index is 608. The van der Waals surface area contributed by atoms with Crippen molar-refractivity contribution in [1.82, 2.24) is 0 Å². The minimum absolute atomic E-state index is 0.0378. The molecule has 2 rings (SSSR count). The van der Waals surface area contributed by atoms with Crippen molar-refractivity contribution >= 4 is 27.4 Å². The first-order valence-electron chi connectivity index (χ1n) is 5.03. The molecule has 0 heterocycles. The molecule has 0 bridgehead atoms. The maximum absolute atomic E-state index is 13.0. The number of anilines is 1. The molecular weight excluding hydrogens is 304 g/mol. The van der Waals surface area contributed by atoms with Gasteiger partial charge in [-0.2, -0.15) is 0 Å². The Kier molecular flexibility index (Phi) is 3.43. The van der Waals surface area contributed by atoms with E-state index in [4.69, 9.17) is 5.73 Å². The van der Waals surface area contributed by atoms with Crippen LogP contribution in [0.2, 0.25) is 0 Å². The van der Waals surface area contributed by atoms with Crippen molar-refractivity contribution in [3.63, 3.8) is 0 Å². The van der Waals surface area contributed by atoms with Gasteiger partial charge in [0.25, 0.3) is 0 Å². The first kappa shape index (κ1) is 12.7. The first-order valence-corrected chi connectivity index (χ1v) is 5.82. The summed E-state index contributed by atoms with van der Waals surface area (Å²) < 4.78 is 26.6. The summed E-state index contributed by atoms with van der Waals surface area (Å²) in [4.78, 5) is 12.0. The van der Waals surface area contributed by atoms with Crippen LogP contribution in [0.15, 0.2) is 40.9 Å². The molecule has 2 aromatic carbocycles. The summed E-state index contributed by atoms with van der Waals surface area (Å²) in [5.74, 6) is -2.03. The van der Waals surface area contributed by atoms with Crippen LogP contribution in [-0.4, -0.2) is 5.78 Å². The second-order valence-electron chi connectivity index (χ2n) is 3.72. The van der Waals surface area contributed by atoms with Gasteiger partial charge in [-0.05, 0) is 46.3 Å². The predicted molar refractivity (Wildman–Crippen MR) is 68.3 cm³/mol. The predicted octanol–water partition coefficient (Wildman–Crippen LogP) is 3.54. The van der Waals surface area contributed by atoms with Crippen molar-refractivity contribution in [1.29, 1.82) is 0 Å². The number of halogens is 3. The van der Waals surface area contributed by atoms with Gasteiger partial charge in [-0.25, -0.2) is 8.78 Å². The molecule has 0 spiro atoms. The summed E-state index contributed by atoms with van der Waals surface area (Å²) in [6.07, 6.45) is 0. The maximum Gasteiger partial charge on any atom is 0.193 e. The van der Waals surface area contributed by atoms with E-state index < -0.39 is 17.4 Å². The molecule has 0 amide bonds. The summed E-state index contributed by atoms with van der Waals surface area (Å²) in [5.41, 5.74) is 6.35. The summed E-state index contributed by atoms with van der Waals surface area (Å²) in [7, 11) is 0. The van der Waals surface area contributed by atoms with Crippen LogP contribution in [-0.2, 0) is 0 Å². The van der Waals surface area contributed by atoms with Crippen LogP contribution < -0.4 is 5.73 Å². The van der Waals surface area contributed by atoms with Crippen LogP contribution >= 0.6 is 15.9 Å². The summed E-state index contributed by atoms with van der Waals surface area (Å²) in [6.45, 7) is 0. The largest absolute Gasteiger partial charge is 0.398 e. The van der Waals surface area contributed by atoms with E-state index in [1.165, 1.54) is 12.1 Å². The first-order chi connectivity index (χ1) is 8.47. The van der Waals surface area contributed by atoms with Crippen molar-refractivity contribution in [2.45, 2.75) is 0 Å². The summed E-state index contributed by atoms with van der Waals surface area (Å²) in [5, 5.41) is 0. The van der Waals surface area contributed by atoms with E-state index >= 15 is 0 Å². The smallest absolute Gasteiger partial charge is 0.193 e. The van der Waals surface area contributed by atoms with Gasteiger partial charge in [0.05, 0.1) is 0 Å². The van der Waals surface area contributed by atoms with E-state index in [-0.39, 0.29) is 5.56 Å². The molecule has 0 aromatic heterocycles. The van der Waals surface area contributed by atoms with Gasteiger partial charge >= 0.3 is 0 Å². The molecule has 2 nitrogen and oxygen atoms in total. The topological polar surface area (TPSA) is 43.1 Å². The van der Waals surface area contributed by atoms with Crippen molar-refractivity contribution in [2.24, 2.45) is 0 Å². The Morgan fingerprint density at radius 1 is 1.00 bits per heavy atom. The summed E-state index contributed by atoms with van der Waals surface area (Å²) in [6, 6.07) is 7.28. The molecule has 0 aliphatic carbocycles. The third-order valence-electron chi connectivity index (χ3n) is 2.39. The van der Waals surface area contributed by atoms with Gasteiger partial charge in [-0.1, -0.05) is 0 Å². The van der Waals surface area contributed by atoms with Crippen LogP contribution in [0.3, 0.4) is 0 Å². The minimum Gasteiger partial charge on any atom is -0.398 e. The van der Waals surface area contributed by atoms with Crippen LogP contribution in [0.4, 0.5) is 14.5 Å². The van der Waals surface area contributed by atoms with E-state index in [1.807, 2.05) is 0 Å². The fourth-order valence-electron chi connectivity index (χ4n) is 1.52. The number of rotatable bonds is 2. The van der Waals surface area contributed by atoms with Gasteiger partial charge in [-0.3, -0.25) is 4.79 Å². The number of nitrogens with two attached hydrogens (primary N) is 1. The molecular formula is C13H8BrF2NO. The van der Waals surface area contributed by atoms with E-state index in [2.05, 4.69) is 15.9 Å². The Morgan fingerprint density at radius 2 is 1.61 bits per heavy atom. The Balaban J connectivity index is 2.44. The molecule has 0 radical (unpaired) electrons. The Labute approximate surface area is 111 Å². The van der Waals surface area contributed by atoms with Gasteiger partial charge in [0, 0.05) is 27.4 Å². The van der Waals surface area contributed by atoms with Crippen LogP contribution in [0.25, 0.3) is 0 Å². The molecule has 0 saturated heterocycles.